The lowest BCUT2D eigenvalue weighted by Crippen LogP contribution is -2.50. The minimum absolute atomic E-state index is 0.0189. The van der Waals surface area contributed by atoms with Gasteiger partial charge in [-0.3, -0.25) is 0 Å². The van der Waals surface area contributed by atoms with E-state index in [0.717, 1.165) is 5.56 Å². The standard InChI is InChI=1S/C21H28FN3O4/c1-12(2)18(19-13(3)16-11-14(22)5-6-17(16)29-19)24-20(26)23-15-7-9-25(10-8-15)21(27)28-4/h5-6,11-12,15,18H,7-10H2,1-4H3,(H2,23,24,26). The zero-order valence-electron chi connectivity index (χ0n) is 17.3. The fourth-order valence-electron chi connectivity index (χ4n) is 3.75. The first-order valence-corrected chi connectivity index (χ1v) is 9.88. The van der Waals surface area contributed by atoms with Gasteiger partial charge in [-0.2, -0.15) is 0 Å². The smallest absolute Gasteiger partial charge is 0.409 e. The number of methoxy groups -OCH3 is 1. The van der Waals surface area contributed by atoms with Gasteiger partial charge in [0.2, 0.25) is 0 Å². The molecule has 7 nitrogen and oxygen atoms in total. The number of ether oxygens (including phenoxy) is 1. The molecule has 1 unspecified atom stereocenters. The lowest BCUT2D eigenvalue weighted by molar-refractivity contribution is 0.110. The summed E-state index contributed by atoms with van der Waals surface area (Å²) in [7, 11) is 1.36. The molecule has 3 rings (SSSR count). The summed E-state index contributed by atoms with van der Waals surface area (Å²) >= 11 is 0. The van der Waals surface area contributed by atoms with Crippen molar-refractivity contribution in [1.82, 2.24) is 15.5 Å². The highest BCUT2D eigenvalue weighted by Gasteiger charge is 2.28. The fourth-order valence-corrected chi connectivity index (χ4v) is 3.75. The first kappa shape index (κ1) is 21.0. The van der Waals surface area contributed by atoms with Crippen LogP contribution in [0.3, 0.4) is 0 Å². The van der Waals surface area contributed by atoms with E-state index in [1.54, 1.807) is 11.0 Å². The zero-order valence-corrected chi connectivity index (χ0v) is 17.3. The summed E-state index contributed by atoms with van der Waals surface area (Å²) in [6.07, 6.45) is 0.986. The highest BCUT2D eigenvalue weighted by molar-refractivity contribution is 5.82. The maximum absolute atomic E-state index is 13.6. The number of piperidine rings is 1. The normalized spacial score (nSPS) is 16.1. The third kappa shape index (κ3) is 4.63. The van der Waals surface area contributed by atoms with Crippen molar-refractivity contribution in [1.29, 1.82) is 0 Å². The van der Waals surface area contributed by atoms with Crippen molar-refractivity contribution in [2.24, 2.45) is 5.92 Å². The molecule has 1 aromatic carbocycles. The molecule has 0 aliphatic carbocycles. The van der Waals surface area contributed by atoms with Gasteiger partial charge in [0.25, 0.3) is 0 Å². The molecule has 1 aliphatic heterocycles. The van der Waals surface area contributed by atoms with Gasteiger partial charge in [0.15, 0.2) is 0 Å². The topological polar surface area (TPSA) is 83.8 Å². The fraction of sp³-hybridized carbons (Fsp3) is 0.524. The van der Waals surface area contributed by atoms with Gasteiger partial charge in [-0.1, -0.05) is 13.8 Å². The number of furan rings is 1. The number of hydrogen-bond acceptors (Lipinski definition) is 4. The molecule has 2 aromatic rings. The van der Waals surface area contributed by atoms with Crippen LogP contribution in [-0.2, 0) is 4.74 Å². The number of likely N-dealkylation sites (tertiary alicyclic amines) is 1. The number of nitrogens with zero attached hydrogens (tertiary/aromatic N) is 1. The number of rotatable bonds is 4. The van der Waals surface area contributed by atoms with Crippen molar-refractivity contribution < 1.29 is 23.1 Å². The minimum Gasteiger partial charge on any atom is -0.459 e. The largest absolute Gasteiger partial charge is 0.459 e. The van der Waals surface area contributed by atoms with E-state index >= 15 is 0 Å². The highest BCUT2D eigenvalue weighted by atomic mass is 19.1. The van der Waals surface area contributed by atoms with Gasteiger partial charge < -0.3 is 24.7 Å². The Morgan fingerprint density at radius 2 is 1.97 bits per heavy atom. The van der Waals surface area contributed by atoms with E-state index in [9.17, 15) is 14.0 Å². The predicted molar refractivity (Wildman–Crippen MR) is 107 cm³/mol. The number of carbonyl (C=O) groups excluding carboxylic acids is 2. The van der Waals surface area contributed by atoms with Crippen LogP contribution in [0.5, 0.6) is 0 Å². The Bertz CT molecular complexity index is 887. The first-order valence-electron chi connectivity index (χ1n) is 9.88. The van der Waals surface area contributed by atoms with Crippen LogP contribution in [-0.4, -0.2) is 43.3 Å². The minimum atomic E-state index is -0.347. The Kier molecular flexibility index (Phi) is 6.30. The van der Waals surface area contributed by atoms with E-state index in [2.05, 4.69) is 10.6 Å². The van der Waals surface area contributed by atoms with Crippen LogP contribution < -0.4 is 10.6 Å². The summed E-state index contributed by atoms with van der Waals surface area (Å²) in [5, 5.41) is 6.69. The first-order chi connectivity index (χ1) is 13.8. The zero-order chi connectivity index (χ0) is 21.1. The van der Waals surface area contributed by atoms with Crippen molar-refractivity contribution in [2.45, 2.75) is 45.7 Å². The second kappa shape index (κ2) is 8.71. The van der Waals surface area contributed by atoms with Gasteiger partial charge in [-0.05, 0) is 43.9 Å². The van der Waals surface area contributed by atoms with Gasteiger partial charge in [0.1, 0.15) is 17.2 Å². The lowest BCUT2D eigenvalue weighted by Gasteiger charge is -2.32. The van der Waals surface area contributed by atoms with E-state index in [1.165, 1.54) is 19.2 Å². The van der Waals surface area contributed by atoms with Crippen LogP contribution in [0.4, 0.5) is 14.0 Å². The van der Waals surface area contributed by atoms with Crippen LogP contribution in [0.15, 0.2) is 22.6 Å². The van der Waals surface area contributed by atoms with Crippen molar-refractivity contribution in [2.75, 3.05) is 20.2 Å². The maximum atomic E-state index is 13.6. The molecular formula is C21H28FN3O4. The Morgan fingerprint density at radius 1 is 1.28 bits per heavy atom. The highest BCUT2D eigenvalue weighted by Crippen LogP contribution is 2.33. The van der Waals surface area contributed by atoms with Gasteiger partial charge >= 0.3 is 12.1 Å². The molecule has 1 fully saturated rings. The molecule has 158 valence electrons. The summed E-state index contributed by atoms with van der Waals surface area (Å²) in [4.78, 5) is 25.8. The molecule has 8 heteroatoms. The van der Waals surface area contributed by atoms with Gasteiger partial charge in [0, 0.05) is 30.1 Å². The summed E-state index contributed by atoms with van der Waals surface area (Å²) in [6, 6.07) is 3.76. The Labute approximate surface area is 169 Å². The molecule has 1 aromatic heterocycles. The number of halogens is 1. The number of amides is 3. The van der Waals surface area contributed by atoms with Crippen LogP contribution in [0.25, 0.3) is 11.0 Å². The molecule has 0 saturated carbocycles. The van der Waals surface area contributed by atoms with Gasteiger partial charge in [0.05, 0.1) is 13.2 Å². The Morgan fingerprint density at radius 3 is 2.59 bits per heavy atom. The summed E-state index contributed by atoms with van der Waals surface area (Å²) in [5.74, 6) is 0.389. The SMILES string of the molecule is COC(=O)N1CCC(NC(=O)NC(c2oc3ccc(F)cc3c2C)C(C)C)CC1. The number of nitrogens with one attached hydrogen (secondary N) is 2. The number of fused-ring (bicyclic) bond motifs is 1. The molecule has 2 heterocycles. The second-order valence-electron chi connectivity index (χ2n) is 7.80. The predicted octanol–water partition coefficient (Wildman–Crippen LogP) is 4.11. The van der Waals surface area contributed by atoms with Gasteiger partial charge in [-0.25, -0.2) is 14.0 Å². The van der Waals surface area contributed by atoms with E-state index in [4.69, 9.17) is 9.15 Å². The molecule has 0 bridgehead atoms. The molecular weight excluding hydrogens is 377 g/mol. The molecule has 1 saturated heterocycles. The molecule has 0 radical (unpaired) electrons. The van der Waals surface area contributed by atoms with E-state index < -0.39 is 0 Å². The second-order valence-corrected chi connectivity index (χ2v) is 7.80. The Balaban J connectivity index is 1.66. The summed E-state index contributed by atoms with van der Waals surface area (Å²) < 4.78 is 24.3. The molecule has 2 N–H and O–H groups in total. The molecule has 1 aliphatic rings. The monoisotopic (exact) mass is 405 g/mol. The van der Waals surface area contributed by atoms with Gasteiger partial charge in [-0.15, -0.1) is 0 Å². The molecule has 29 heavy (non-hydrogen) atoms. The maximum Gasteiger partial charge on any atom is 0.409 e. The number of benzene rings is 1. The van der Waals surface area contributed by atoms with E-state index in [1.807, 2.05) is 20.8 Å². The number of carbonyl (C=O) groups is 2. The van der Waals surface area contributed by atoms with Crippen molar-refractivity contribution in [3.8, 4) is 0 Å². The van der Waals surface area contributed by atoms with Crippen molar-refractivity contribution >= 4 is 23.1 Å². The van der Waals surface area contributed by atoms with Crippen LogP contribution in [0, 0.1) is 18.7 Å². The average Bonchev–Trinajstić information content (AvgIpc) is 3.01. The third-order valence-corrected chi connectivity index (χ3v) is 5.43. The lowest BCUT2D eigenvalue weighted by atomic mass is 9.98. The van der Waals surface area contributed by atoms with E-state index in [-0.39, 0.29) is 35.9 Å². The molecule has 1 atom stereocenters. The number of urea groups is 1. The molecule has 0 spiro atoms. The summed E-state index contributed by atoms with van der Waals surface area (Å²) in [5.41, 5.74) is 1.42. The van der Waals surface area contributed by atoms with Crippen LogP contribution >= 0.6 is 0 Å². The van der Waals surface area contributed by atoms with E-state index in [0.29, 0.717) is 42.7 Å². The average molecular weight is 405 g/mol. The number of aryl methyl sites for hydroxylation is 1. The van der Waals surface area contributed by atoms with Crippen molar-refractivity contribution in [3.05, 3.63) is 35.3 Å². The Hall–Kier alpha value is -2.77. The molecule has 3 amide bonds. The number of hydrogen-bond donors (Lipinski definition) is 2. The van der Waals surface area contributed by atoms with Crippen molar-refractivity contribution in [3.63, 3.8) is 0 Å². The summed E-state index contributed by atoms with van der Waals surface area (Å²) in [6.45, 7) is 6.94. The quantitative estimate of drug-likeness (QED) is 0.802. The van der Waals surface area contributed by atoms with Crippen LogP contribution in [0.1, 0.15) is 44.1 Å². The third-order valence-electron chi connectivity index (χ3n) is 5.43. The van der Waals surface area contributed by atoms with Crippen LogP contribution in [0.2, 0.25) is 0 Å².